The molecule has 14 heavy (non-hydrogen) atoms. The van der Waals surface area contributed by atoms with Crippen LogP contribution >= 0.6 is 11.8 Å². The van der Waals surface area contributed by atoms with Gasteiger partial charge in [0, 0.05) is 25.2 Å². The molecule has 0 spiro atoms. The molecule has 4 nitrogen and oxygen atoms in total. The largest absolute Gasteiger partial charge is 0.383 e. The van der Waals surface area contributed by atoms with Gasteiger partial charge in [-0.3, -0.25) is 4.99 Å². The van der Waals surface area contributed by atoms with Crippen molar-refractivity contribution < 1.29 is 4.74 Å². The Morgan fingerprint density at radius 1 is 1.71 bits per heavy atom. The third kappa shape index (κ3) is 9.41. The number of hydrogen-bond acceptors (Lipinski definition) is 3. The van der Waals surface area contributed by atoms with E-state index in [4.69, 9.17) is 10.5 Å². The molecule has 0 rings (SSSR count). The summed E-state index contributed by atoms with van der Waals surface area (Å²) in [4.78, 5) is 4.06. The highest BCUT2D eigenvalue weighted by Gasteiger charge is 1.90. The minimum Gasteiger partial charge on any atom is -0.383 e. The highest BCUT2D eigenvalue weighted by molar-refractivity contribution is 7.99. The first-order valence-corrected chi connectivity index (χ1v) is 5.68. The third-order valence-electron chi connectivity index (χ3n) is 1.37. The van der Waals surface area contributed by atoms with Crippen molar-refractivity contribution in [2.45, 2.75) is 0 Å². The van der Waals surface area contributed by atoms with E-state index in [0.717, 1.165) is 18.1 Å². The van der Waals surface area contributed by atoms with Gasteiger partial charge in [-0.15, -0.1) is 6.58 Å². The molecule has 0 fully saturated rings. The number of guanidine groups is 1. The molecule has 0 aromatic rings. The molecule has 0 unspecified atom stereocenters. The first kappa shape index (κ1) is 13.3. The van der Waals surface area contributed by atoms with Crippen LogP contribution in [0.2, 0.25) is 0 Å². The SMILES string of the molecule is C=CCSCCNC(N)=NCCOC. The van der Waals surface area contributed by atoms with Crippen LogP contribution in [0, 0.1) is 0 Å². The lowest BCUT2D eigenvalue weighted by atomic mass is 10.7. The summed E-state index contributed by atoms with van der Waals surface area (Å²) in [6, 6.07) is 0. The van der Waals surface area contributed by atoms with Crippen LogP contribution in [0.3, 0.4) is 0 Å². The minimum absolute atomic E-state index is 0.487. The summed E-state index contributed by atoms with van der Waals surface area (Å²) in [6.45, 7) is 5.68. The molecule has 0 atom stereocenters. The van der Waals surface area contributed by atoms with Crippen LogP contribution in [0.1, 0.15) is 0 Å². The zero-order valence-corrected chi connectivity index (χ0v) is 9.48. The summed E-state index contributed by atoms with van der Waals surface area (Å²) in [5.74, 6) is 2.47. The summed E-state index contributed by atoms with van der Waals surface area (Å²) in [6.07, 6.45) is 1.89. The van der Waals surface area contributed by atoms with Crippen LogP contribution in [0.5, 0.6) is 0 Å². The van der Waals surface area contributed by atoms with E-state index in [1.165, 1.54) is 0 Å². The van der Waals surface area contributed by atoms with Gasteiger partial charge in [-0.25, -0.2) is 0 Å². The van der Waals surface area contributed by atoms with E-state index in [2.05, 4.69) is 16.9 Å². The lowest BCUT2D eigenvalue weighted by molar-refractivity contribution is 0.208. The van der Waals surface area contributed by atoms with E-state index in [0.29, 0.717) is 19.1 Å². The van der Waals surface area contributed by atoms with E-state index in [9.17, 15) is 0 Å². The van der Waals surface area contributed by atoms with Crippen molar-refractivity contribution >= 4 is 17.7 Å². The van der Waals surface area contributed by atoms with Gasteiger partial charge in [0.25, 0.3) is 0 Å². The summed E-state index contributed by atoms with van der Waals surface area (Å²) in [5, 5.41) is 3.02. The first-order chi connectivity index (χ1) is 6.81. The van der Waals surface area contributed by atoms with Gasteiger partial charge in [0.2, 0.25) is 0 Å². The fourth-order valence-electron chi connectivity index (χ4n) is 0.731. The summed E-state index contributed by atoms with van der Waals surface area (Å²) >= 11 is 1.81. The second kappa shape index (κ2) is 10.4. The Labute approximate surface area is 90.0 Å². The fourth-order valence-corrected chi connectivity index (χ4v) is 1.31. The van der Waals surface area contributed by atoms with Crippen LogP contribution < -0.4 is 11.1 Å². The topological polar surface area (TPSA) is 59.6 Å². The first-order valence-electron chi connectivity index (χ1n) is 4.52. The van der Waals surface area contributed by atoms with Crippen LogP contribution in [-0.4, -0.2) is 44.3 Å². The van der Waals surface area contributed by atoms with E-state index in [1.807, 2.05) is 17.8 Å². The van der Waals surface area contributed by atoms with E-state index in [-0.39, 0.29) is 0 Å². The predicted octanol–water partition coefficient (Wildman–Crippen LogP) is 0.456. The molecule has 0 aliphatic carbocycles. The van der Waals surface area contributed by atoms with Gasteiger partial charge in [-0.05, 0) is 0 Å². The van der Waals surface area contributed by atoms with Crippen molar-refractivity contribution in [1.82, 2.24) is 5.32 Å². The monoisotopic (exact) mass is 217 g/mol. The molecular weight excluding hydrogens is 198 g/mol. The van der Waals surface area contributed by atoms with Gasteiger partial charge in [-0.1, -0.05) is 6.08 Å². The third-order valence-corrected chi connectivity index (χ3v) is 2.33. The van der Waals surface area contributed by atoms with Gasteiger partial charge in [0.05, 0.1) is 13.2 Å². The molecule has 0 amide bonds. The molecule has 0 aliphatic heterocycles. The van der Waals surface area contributed by atoms with Crippen molar-refractivity contribution in [1.29, 1.82) is 0 Å². The number of nitrogens with one attached hydrogen (secondary N) is 1. The Morgan fingerprint density at radius 2 is 2.50 bits per heavy atom. The quantitative estimate of drug-likeness (QED) is 0.268. The normalized spacial score (nSPS) is 11.4. The van der Waals surface area contributed by atoms with Gasteiger partial charge >= 0.3 is 0 Å². The molecule has 3 N–H and O–H groups in total. The Hall–Kier alpha value is -0.680. The zero-order chi connectivity index (χ0) is 10.6. The molecule has 0 aromatic carbocycles. The van der Waals surface area contributed by atoms with Crippen molar-refractivity contribution in [3.8, 4) is 0 Å². The number of nitrogens with zero attached hydrogens (tertiary/aromatic N) is 1. The molecule has 0 saturated carbocycles. The molecule has 0 aliphatic rings. The van der Waals surface area contributed by atoms with Crippen LogP contribution in [-0.2, 0) is 4.74 Å². The van der Waals surface area contributed by atoms with Gasteiger partial charge in [0.15, 0.2) is 5.96 Å². The summed E-state index contributed by atoms with van der Waals surface area (Å²) < 4.78 is 4.84. The van der Waals surface area contributed by atoms with Crippen LogP contribution in [0.25, 0.3) is 0 Å². The Bertz CT molecular complexity index is 173. The zero-order valence-electron chi connectivity index (χ0n) is 8.66. The Morgan fingerprint density at radius 3 is 3.14 bits per heavy atom. The number of thioether (sulfide) groups is 1. The van der Waals surface area contributed by atoms with Crippen molar-refractivity contribution in [3.05, 3.63) is 12.7 Å². The van der Waals surface area contributed by atoms with Gasteiger partial charge < -0.3 is 15.8 Å². The number of hydrogen-bond donors (Lipinski definition) is 2. The molecule has 5 heteroatoms. The number of ether oxygens (including phenoxy) is 1. The second-order valence-corrected chi connectivity index (χ2v) is 3.70. The molecule has 0 aromatic heterocycles. The van der Waals surface area contributed by atoms with Gasteiger partial charge in [0.1, 0.15) is 0 Å². The maximum atomic E-state index is 5.58. The fraction of sp³-hybridized carbons (Fsp3) is 0.667. The Balaban J connectivity index is 3.29. The molecular formula is C9H19N3OS. The van der Waals surface area contributed by atoms with Crippen molar-refractivity contribution in [3.63, 3.8) is 0 Å². The van der Waals surface area contributed by atoms with Crippen molar-refractivity contribution in [2.75, 3.05) is 38.3 Å². The molecule has 0 saturated heterocycles. The molecule has 0 bridgehead atoms. The van der Waals surface area contributed by atoms with E-state index in [1.54, 1.807) is 7.11 Å². The van der Waals surface area contributed by atoms with Crippen LogP contribution in [0.4, 0.5) is 0 Å². The van der Waals surface area contributed by atoms with Gasteiger partial charge in [-0.2, -0.15) is 11.8 Å². The van der Waals surface area contributed by atoms with E-state index < -0.39 is 0 Å². The van der Waals surface area contributed by atoms with Crippen LogP contribution in [0.15, 0.2) is 17.6 Å². The molecule has 0 heterocycles. The summed E-state index contributed by atoms with van der Waals surface area (Å²) in [7, 11) is 1.64. The molecule has 0 radical (unpaired) electrons. The highest BCUT2D eigenvalue weighted by Crippen LogP contribution is 1.96. The maximum absolute atomic E-state index is 5.58. The maximum Gasteiger partial charge on any atom is 0.188 e. The lowest BCUT2D eigenvalue weighted by Gasteiger charge is -2.04. The average Bonchev–Trinajstić information content (AvgIpc) is 2.18. The molecule has 82 valence electrons. The predicted molar refractivity (Wildman–Crippen MR) is 63.9 cm³/mol. The second-order valence-electron chi connectivity index (χ2n) is 2.55. The number of nitrogens with two attached hydrogens (primary N) is 1. The van der Waals surface area contributed by atoms with E-state index >= 15 is 0 Å². The standard InChI is InChI=1S/C9H19N3OS/c1-3-7-14-8-5-12-9(10)11-4-6-13-2/h3H,1,4-8H2,2H3,(H3,10,11,12). The Kier molecular flexibility index (Phi) is 9.90. The highest BCUT2D eigenvalue weighted by atomic mass is 32.2. The minimum atomic E-state index is 0.487. The number of rotatable bonds is 8. The smallest absolute Gasteiger partial charge is 0.188 e. The number of methoxy groups -OCH3 is 1. The number of aliphatic imine (C=N–C) groups is 1. The van der Waals surface area contributed by atoms with Crippen molar-refractivity contribution in [2.24, 2.45) is 10.7 Å². The summed E-state index contributed by atoms with van der Waals surface area (Å²) in [5.41, 5.74) is 5.58. The lowest BCUT2D eigenvalue weighted by Crippen LogP contribution is -2.33. The average molecular weight is 217 g/mol.